The van der Waals surface area contributed by atoms with Gasteiger partial charge in [0, 0.05) is 18.2 Å². The second-order valence-electron chi connectivity index (χ2n) is 8.22. The Labute approximate surface area is 168 Å². The van der Waals surface area contributed by atoms with E-state index in [4.69, 9.17) is 9.47 Å². The lowest BCUT2D eigenvalue weighted by molar-refractivity contribution is -0.117. The van der Waals surface area contributed by atoms with Crippen LogP contribution in [-0.2, 0) is 9.53 Å². The Morgan fingerprint density at radius 2 is 1.96 bits per heavy atom. The number of carbonyl (C=O) groups excluding carboxylic acids is 2. The van der Waals surface area contributed by atoms with E-state index >= 15 is 0 Å². The Morgan fingerprint density at radius 3 is 2.59 bits per heavy atom. The molecule has 0 spiro atoms. The van der Waals surface area contributed by atoms with Crippen molar-refractivity contribution in [2.45, 2.75) is 58.2 Å². The Hall–Kier alpha value is -1.76. The largest absolute Gasteiger partial charge is 0.487 e. The number of nitrogens with zero attached hydrogens (tertiary/aromatic N) is 1. The summed E-state index contributed by atoms with van der Waals surface area (Å²) in [6.07, 6.45) is 3.32. The van der Waals surface area contributed by atoms with Crippen molar-refractivity contribution in [3.8, 4) is 5.75 Å². The van der Waals surface area contributed by atoms with Crippen molar-refractivity contribution in [3.63, 3.8) is 0 Å². The van der Waals surface area contributed by atoms with Crippen LogP contribution in [0.25, 0.3) is 0 Å². The molecule has 1 aromatic rings. The molecule has 1 saturated carbocycles. The monoisotopic (exact) mass is 438 g/mol. The quantitative estimate of drug-likeness (QED) is 0.746. The molecule has 1 N–H and O–H groups in total. The Morgan fingerprint density at radius 1 is 1.22 bits per heavy atom. The fraction of sp³-hybridized carbons (Fsp3) is 0.600. The van der Waals surface area contributed by atoms with Gasteiger partial charge >= 0.3 is 6.09 Å². The average molecular weight is 439 g/mol. The second kappa shape index (κ2) is 8.09. The molecule has 6 nitrogen and oxygen atoms in total. The highest BCUT2D eigenvalue weighted by Gasteiger charge is 2.30. The van der Waals surface area contributed by atoms with Crippen LogP contribution in [0.4, 0.5) is 10.5 Å². The first-order chi connectivity index (χ1) is 12.7. The van der Waals surface area contributed by atoms with Crippen molar-refractivity contribution in [2.75, 3.05) is 18.4 Å². The van der Waals surface area contributed by atoms with Gasteiger partial charge in [-0.1, -0.05) is 0 Å². The summed E-state index contributed by atoms with van der Waals surface area (Å²) in [5.74, 6) is 0.951. The van der Waals surface area contributed by atoms with Crippen molar-refractivity contribution in [1.29, 1.82) is 0 Å². The number of hydrogen-bond donors (Lipinski definition) is 1. The molecule has 2 fully saturated rings. The van der Waals surface area contributed by atoms with Crippen molar-refractivity contribution in [1.82, 2.24) is 4.90 Å². The van der Waals surface area contributed by atoms with Crippen molar-refractivity contribution >= 4 is 33.6 Å². The third-order valence-electron chi connectivity index (χ3n) is 4.47. The third kappa shape index (κ3) is 5.86. The van der Waals surface area contributed by atoms with Crippen LogP contribution in [0, 0.1) is 5.92 Å². The molecule has 1 aliphatic heterocycles. The number of piperidine rings is 1. The average Bonchev–Trinajstić information content (AvgIpc) is 3.41. The number of hydrogen-bond acceptors (Lipinski definition) is 4. The van der Waals surface area contributed by atoms with Crippen molar-refractivity contribution in [2.24, 2.45) is 5.92 Å². The summed E-state index contributed by atoms with van der Waals surface area (Å²) in [7, 11) is 0. The topological polar surface area (TPSA) is 67.9 Å². The van der Waals surface area contributed by atoms with Gasteiger partial charge in [-0.2, -0.15) is 0 Å². The molecule has 0 bridgehead atoms. The molecule has 1 saturated heterocycles. The maximum Gasteiger partial charge on any atom is 0.410 e. The summed E-state index contributed by atoms with van der Waals surface area (Å²) in [6.45, 7) is 6.78. The molecule has 7 heteroatoms. The molecule has 1 atom stereocenters. The molecular formula is C20H27BrN2O4. The SMILES string of the molecule is CC(C)(C)OC(=O)N1CCC[C@H](Oc2ccc(NC(=O)C3CC3)cc2Br)C1. The summed E-state index contributed by atoms with van der Waals surface area (Å²) < 4.78 is 12.3. The van der Waals surface area contributed by atoms with Crippen LogP contribution < -0.4 is 10.1 Å². The summed E-state index contributed by atoms with van der Waals surface area (Å²) in [4.78, 5) is 25.9. The van der Waals surface area contributed by atoms with Gasteiger partial charge in [0.05, 0.1) is 11.0 Å². The molecule has 2 amide bonds. The first-order valence-corrected chi connectivity index (χ1v) is 10.3. The van der Waals surface area contributed by atoms with E-state index in [2.05, 4.69) is 21.2 Å². The zero-order valence-corrected chi connectivity index (χ0v) is 17.7. The molecule has 148 valence electrons. The first-order valence-electron chi connectivity index (χ1n) is 9.46. The number of ether oxygens (including phenoxy) is 2. The lowest BCUT2D eigenvalue weighted by Gasteiger charge is -2.34. The van der Waals surface area contributed by atoms with Crippen LogP contribution in [0.1, 0.15) is 46.5 Å². The summed E-state index contributed by atoms with van der Waals surface area (Å²) in [5.41, 5.74) is 0.249. The van der Waals surface area contributed by atoms with Gasteiger partial charge in [0.25, 0.3) is 0 Å². The van der Waals surface area contributed by atoms with Crippen LogP contribution in [0.5, 0.6) is 5.75 Å². The van der Waals surface area contributed by atoms with Gasteiger partial charge in [0.2, 0.25) is 5.91 Å². The van der Waals surface area contributed by atoms with Crippen molar-refractivity contribution in [3.05, 3.63) is 22.7 Å². The lowest BCUT2D eigenvalue weighted by atomic mass is 10.1. The van der Waals surface area contributed by atoms with E-state index in [1.54, 1.807) is 4.90 Å². The van der Waals surface area contributed by atoms with Gasteiger partial charge in [-0.15, -0.1) is 0 Å². The van der Waals surface area contributed by atoms with E-state index in [1.165, 1.54) is 0 Å². The van der Waals surface area contributed by atoms with Gasteiger partial charge in [-0.3, -0.25) is 4.79 Å². The van der Waals surface area contributed by atoms with Crippen LogP contribution in [-0.4, -0.2) is 41.7 Å². The van der Waals surface area contributed by atoms with E-state index in [1.807, 2.05) is 39.0 Å². The summed E-state index contributed by atoms with van der Waals surface area (Å²) in [6, 6.07) is 5.54. The van der Waals surface area contributed by atoms with Gasteiger partial charge in [-0.25, -0.2) is 4.79 Å². The van der Waals surface area contributed by atoms with Gasteiger partial charge in [0.15, 0.2) is 0 Å². The van der Waals surface area contributed by atoms with E-state index < -0.39 is 5.60 Å². The number of likely N-dealkylation sites (tertiary alicyclic amines) is 1. The fourth-order valence-electron chi connectivity index (χ4n) is 2.97. The molecule has 3 rings (SSSR count). The smallest absolute Gasteiger partial charge is 0.410 e. The highest BCUT2D eigenvalue weighted by molar-refractivity contribution is 9.10. The number of anilines is 1. The minimum atomic E-state index is -0.505. The van der Waals surface area contributed by atoms with E-state index in [9.17, 15) is 9.59 Å². The summed E-state index contributed by atoms with van der Waals surface area (Å²) in [5, 5.41) is 2.93. The Balaban J connectivity index is 1.57. The third-order valence-corrected chi connectivity index (χ3v) is 5.09. The number of amides is 2. The van der Waals surface area contributed by atoms with Gasteiger partial charge in [0.1, 0.15) is 17.5 Å². The molecule has 0 radical (unpaired) electrons. The zero-order valence-electron chi connectivity index (χ0n) is 16.1. The Kier molecular flexibility index (Phi) is 5.99. The number of nitrogens with one attached hydrogen (secondary N) is 1. The molecule has 0 unspecified atom stereocenters. The minimum Gasteiger partial charge on any atom is -0.487 e. The molecule has 0 aromatic heterocycles. The number of benzene rings is 1. The number of halogens is 1. The molecule has 2 aliphatic rings. The minimum absolute atomic E-state index is 0.0795. The Bertz CT molecular complexity index is 712. The highest BCUT2D eigenvalue weighted by Crippen LogP contribution is 2.33. The van der Waals surface area contributed by atoms with E-state index in [-0.39, 0.29) is 24.0 Å². The first kappa shape index (κ1) is 20.0. The molecular weight excluding hydrogens is 412 g/mol. The number of rotatable bonds is 4. The zero-order chi connectivity index (χ0) is 19.6. The standard InChI is InChI=1S/C20H27BrN2O4/c1-20(2,3)27-19(25)23-10-4-5-15(12-23)26-17-9-8-14(11-16(17)21)22-18(24)13-6-7-13/h8-9,11,13,15H,4-7,10,12H2,1-3H3,(H,22,24)/t15-/m0/s1. The van der Waals surface area contributed by atoms with Crippen LogP contribution >= 0.6 is 15.9 Å². The van der Waals surface area contributed by atoms with Gasteiger partial charge < -0.3 is 19.7 Å². The van der Waals surface area contributed by atoms with Crippen molar-refractivity contribution < 1.29 is 19.1 Å². The van der Waals surface area contributed by atoms with E-state index in [0.717, 1.165) is 35.8 Å². The van der Waals surface area contributed by atoms with Crippen LogP contribution in [0.3, 0.4) is 0 Å². The maximum absolute atomic E-state index is 12.3. The predicted octanol–water partition coefficient (Wildman–Crippen LogP) is 4.58. The van der Waals surface area contributed by atoms with Crippen LogP contribution in [0.15, 0.2) is 22.7 Å². The predicted molar refractivity (Wildman–Crippen MR) is 107 cm³/mol. The summed E-state index contributed by atoms with van der Waals surface area (Å²) >= 11 is 3.52. The molecule has 27 heavy (non-hydrogen) atoms. The highest BCUT2D eigenvalue weighted by atomic mass is 79.9. The van der Waals surface area contributed by atoms with Gasteiger partial charge in [-0.05, 0) is 80.6 Å². The molecule has 1 aliphatic carbocycles. The molecule has 1 heterocycles. The lowest BCUT2D eigenvalue weighted by Crippen LogP contribution is -2.46. The fourth-order valence-corrected chi connectivity index (χ4v) is 3.44. The van der Waals surface area contributed by atoms with E-state index in [0.29, 0.717) is 18.8 Å². The molecule has 1 aromatic carbocycles. The normalized spacial score (nSPS) is 20.1. The second-order valence-corrected chi connectivity index (χ2v) is 9.07. The number of carbonyl (C=O) groups is 2. The van der Waals surface area contributed by atoms with Crippen LogP contribution in [0.2, 0.25) is 0 Å². The maximum atomic E-state index is 12.3.